The molecule has 3 N–H and O–H groups in total. The van der Waals surface area contributed by atoms with Gasteiger partial charge in [0.2, 0.25) is 11.7 Å². The fourth-order valence-electron chi connectivity index (χ4n) is 3.65. The second-order valence-electron chi connectivity index (χ2n) is 6.68. The molecule has 2 aromatic rings. The van der Waals surface area contributed by atoms with Crippen LogP contribution >= 0.6 is 0 Å². The standard InChI is InChI=1S/C21H26N2O4/c1-25-18-9-13(10-19(26-2)21(18)27-3)11-20(24)23-17-6-4-5-14-12-15(22)7-8-16(14)17/h7-10,12,17H,4-6,11,22H2,1-3H3,(H,23,24). The van der Waals surface area contributed by atoms with Crippen molar-refractivity contribution in [2.24, 2.45) is 0 Å². The van der Waals surface area contributed by atoms with E-state index in [0.717, 1.165) is 36.1 Å². The maximum atomic E-state index is 12.7. The zero-order valence-corrected chi connectivity index (χ0v) is 16.0. The number of amides is 1. The van der Waals surface area contributed by atoms with Gasteiger partial charge >= 0.3 is 0 Å². The second-order valence-corrected chi connectivity index (χ2v) is 6.68. The zero-order chi connectivity index (χ0) is 19.4. The van der Waals surface area contributed by atoms with Crippen molar-refractivity contribution in [1.29, 1.82) is 0 Å². The Balaban J connectivity index is 1.76. The number of anilines is 1. The third kappa shape index (κ3) is 4.10. The van der Waals surface area contributed by atoms with Gasteiger partial charge in [0.05, 0.1) is 33.8 Å². The van der Waals surface area contributed by atoms with Crippen LogP contribution in [0.5, 0.6) is 17.2 Å². The zero-order valence-electron chi connectivity index (χ0n) is 16.0. The number of benzene rings is 2. The van der Waals surface area contributed by atoms with Crippen LogP contribution in [0.4, 0.5) is 5.69 Å². The van der Waals surface area contributed by atoms with Gasteiger partial charge < -0.3 is 25.3 Å². The molecule has 0 saturated carbocycles. The third-order valence-corrected chi connectivity index (χ3v) is 4.91. The van der Waals surface area contributed by atoms with Gasteiger partial charge in [-0.05, 0) is 60.2 Å². The Labute approximate surface area is 159 Å². The van der Waals surface area contributed by atoms with Crippen LogP contribution in [0.2, 0.25) is 0 Å². The maximum Gasteiger partial charge on any atom is 0.224 e. The van der Waals surface area contributed by atoms with Crippen LogP contribution in [-0.2, 0) is 17.6 Å². The van der Waals surface area contributed by atoms with Crippen molar-refractivity contribution in [3.05, 3.63) is 47.0 Å². The van der Waals surface area contributed by atoms with E-state index in [9.17, 15) is 4.79 Å². The van der Waals surface area contributed by atoms with Gasteiger partial charge in [0.15, 0.2) is 11.5 Å². The number of carbonyl (C=O) groups is 1. The Morgan fingerprint density at radius 3 is 2.44 bits per heavy atom. The van der Waals surface area contributed by atoms with E-state index in [4.69, 9.17) is 19.9 Å². The van der Waals surface area contributed by atoms with E-state index in [1.807, 2.05) is 18.2 Å². The van der Waals surface area contributed by atoms with E-state index in [2.05, 4.69) is 5.32 Å². The lowest BCUT2D eigenvalue weighted by Gasteiger charge is -2.26. The van der Waals surface area contributed by atoms with Crippen molar-refractivity contribution in [3.8, 4) is 17.2 Å². The van der Waals surface area contributed by atoms with Crippen molar-refractivity contribution in [1.82, 2.24) is 5.32 Å². The highest BCUT2D eigenvalue weighted by atomic mass is 16.5. The number of hydrogen-bond acceptors (Lipinski definition) is 5. The van der Waals surface area contributed by atoms with Gasteiger partial charge in [-0.25, -0.2) is 0 Å². The van der Waals surface area contributed by atoms with Gasteiger partial charge in [0.1, 0.15) is 0 Å². The van der Waals surface area contributed by atoms with Crippen LogP contribution in [-0.4, -0.2) is 27.2 Å². The van der Waals surface area contributed by atoms with Crippen molar-refractivity contribution in [3.63, 3.8) is 0 Å². The molecule has 1 aliphatic carbocycles. The van der Waals surface area contributed by atoms with Crippen LogP contribution in [0.15, 0.2) is 30.3 Å². The monoisotopic (exact) mass is 370 g/mol. The van der Waals surface area contributed by atoms with E-state index >= 15 is 0 Å². The summed E-state index contributed by atoms with van der Waals surface area (Å²) in [5.74, 6) is 1.55. The predicted octanol–water partition coefficient (Wildman–Crippen LogP) is 3.03. The molecular weight excluding hydrogens is 344 g/mol. The molecule has 6 heteroatoms. The molecule has 27 heavy (non-hydrogen) atoms. The van der Waals surface area contributed by atoms with Crippen molar-refractivity contribution in [2.75, 3.05) is 27.1 Å². The van der Waals surface area contributed by atoms with Crippen LogP contribution in [0.1, 0.15) is 35.6 Å². The highest BCUT2D eigenvalue weighted by molar-refractivity contribution is 5.79. The summed E-state index contributed by atoms with van der Waals surface area (Å²) in [6.45, 7) is 0. The maximum absolute atomic E-state index is 12.7. The Morgan fingerprint density at radius 2 is 1.81 bits per heavy atom. The first-order valence-corrected chi connectivity index (χ1v) is 9.02. The van der Waals surface area contributed by atoms with Gasteiger partial charge in [-0.2, -0.15) is 0 Å². The first kappa shape index (κ1) is 18.9. The first-order valence-electron chi connectivity index (χ1n) is 9.02. The molecule has 0 aliphatic heterocycles. The molecule has 2 aromatic carbocycles. The van der Waals surface area contributed by atoms with Gasteiger partial charge in [0, 0.05) is 5.69 Å². The molecule has 0 saturated heterocycles. The van der Waals surface area contributed by atoms with Crippen molar-refractivity contribution < 1.29 is 19.0 Å². The van der Waals surface area contributed by atoms with Gasteiger partial charge in [-0.15, -0.1) is 0 Å². The summed E-state index contributed by atoms with van der Waals surface area (Å²) in [7, 11) is 4.68. The number of hydrogen-bond donors (Lipinski definition) is 2. The lowest BCUT2D eigenvalue weighted by atomic mass is 9.87. The number of methoxy groups -OCH3 is 3. The number of rotatable bonds is 6. The Hall–Kier alpha value is -2.89. The smallest absolute Gasteiger partial charge is 0.224 e. The number of ether oxygens (including phenoxy) is 3. The van der Waals surface area contributed by atoms with Crippen LogP contribution in [0.25, 0.3) is 0 Å². The summed E-state index contributed by atoms with van der Waals surface area (Å²) in [4.78, 5) is 12.7. The highest BCUT2D eigenvalue weighted by Gasteiger charge is 2.22. The Morgan fingerprint density at radius 1 is 1.11 bits per heavy atom. The Bertz CT molecular complexity index is 810. The topological polar surface area (TPSA) is 82.8 Å². The summed E-state index contributed by atoms with van der Waals surface area (Å²) in [5, 5.41) is 3.15. The van der Waals surface area contributed by atoms with E-state index in [1.165, 1.54) is 5.56 Å². The second kappa shape index (κ2) is 8.20. The molecule has 1 aliphatic rings. The molecule has 0 bridgehead atoms. The SMILES string of the molecule is COc1cc(CC(=O)NC2CCCc3cc(N)ccc32)cc(OC)c1OC. The number of aryl methyl sites for hydroxylation is 1. The van der Waals surface area contributed by atoms with Crippen molar-refractivity contribution in [2.45, 2.75) is 31.7 Å². The molecule has 0 heterocycles. The van der Waals surface area contributed by atoms with E-state index in [1.54, 1.807) is 33.5 Å². The average Bonchev–Trinajstić information content (AvgIpc) is 2.66. The van der Waals surface area contributed by atoms with E-state index < -0.39 is 0 Å². The van der Waals surface area contributed by atoms with Crippen LogP contribution in [0, 0.1) is 0 Å². The Kier molecular flexibility index (Phi) is 5.74. The number of nitrogens with one attached hydrogen (secondary N) is 1. The summed E-state index contributed by atoms with van der Waals surface area (Å²) in [5.41, 5.74) is 9.83. The van der Waals surface area contributed by atoms with Crippen molar-refractivity contribution >= 4 is 11.6 Å². The minimum Gasteiger partial charge on any atom is -0.493 e. The number of fused-ring (bicyclic) bond motifs is 1. The molecule has 1 amide bonds. The molecule has 3 rings (SSSR count). The minimum absolute atomic E-state index is 0.0175. The molecule has 0 fully saturated rings. The fourth-order valence-corrected chi connectivity index (χ4v) is 3.65. The fraction of sp³-hybridized carbons (Fsp3) is 0.381. The lowest BCUT2D eigenvalue weighted by Crippen LogP contribution is -2.32. The number of nitrogens with two attached hydrogens (primary N) is 1. The largest absolute Gasteiger partial charge is 0.493 e. The number of nitrogen functional groups attached to an aromatic ring is 1. The summed E-state index contributed by atoms with van der Waals surface area (Å²) < 4.78 is 16.0. The van der Waals surface area contributed by atoms with Gasteiger partial charge in [0.25, 0.3) is 0 Å². The molecule has 0 spiro atoms. The minimum atomic E-state index is -0.0426. The molecular formula is C21H26N2O4. The molecule has 0 aromatic heterocycles. The van der Waals surface area contributed by atoms with Crippen LogP contribution in [0.3, 0.4) is 0 Å². The van der Waals surface area contributed by atoms with Crippen LogP contribution < -0.4 is 25.3 Å². The summed E-state index contributed by atoms with van der Waals surface area (Å²) in [6.07, 6.45) is 3.20. The predicted molar refractivity (Wildman–Crippen MR) is 104 cm³/mol. The molecule has 1 atom stereocenters. The average molecular weight is 370 g/mol. The summed E-state index contributed by atoms with van der Waals surface area (Å²) in [6, 6.07) is 9.54. The molecule has 6 nitrogen and oxygen atoms in total. The van der Waals surface area contributed by atoms with E-state index in [0.29, 0.717) is 17.2 Å². The lowest BCUT2D eigenvalue weighted by molar-refractivity contribution is -0.121. The van der Waals surface area contributed by atoms with Gasteiger partial charge in [-0.1, -0.05) is 6.07 Å². The molecule has 144 valence electrons. The summed E-state index contributed by atoms with van der Waals surface area (Å²) >= 11 is 0. The number of carbonyl (C=O) groups excluding carboxylic acids is 1. The third-order valence-electron chi connectivity index (χ3n) is 4.91. The first-order chi connectivity index (χ1) is 13.0. The van der Waals surface area contributed by atoms with Gasteiger partial charge in [-0.3, -0.25) is 4.79 Å². The highest BCUT2D eigenvalue weighted by Crippen LogP contribution is 2.38. The normalized spacial score (nSPS) is 15.6. The quantitative estimate of drug-likeness (QED) is 0.764. The van der Waals surface area contributed by atoms with E-state index in [-0.39, 0.29) is 18.4 Å². The molecule has 1 unspecified atom stereocenters. The molecule has 0 radical (unpaired) electrons.